The van der Waals surface area contributed by atoms with Crippen molar-refractivity contribution in [2.75, 3.05) is 13.1 Å². The van der Waals surface area contributed by atoms with Gasteiger partial charge in [0.05, 0.1) is 6.20 Å². The number of aryl methyl sites for hydroxylation is 1. The van der Waals surface area contributed by atoms with Crippen LogP contribution in [0.5, 0.6) is 5.75 Å². The van der Waals surface area contributed by atoms with Crippen molar-refractivity contribution in [3.63, 3.8) is 0 Å². The second-order valence-corrected chi connectivity index (χ2v) is 6.04. The fourth-order valence-electron chi connectivity index (χ4n) is 2.79. The molecule has 0 saturated carbocycles. The van der Waals surface area contributed by atoms with Gasteiger partial charge in [-0.05, 0) is 32.4 Å². The molecule has 0 bridgehead atoms. The van der Waals surface area contributed by atoms with Crippen LogP contribution in [0, 0.1) is 0 Å². The van der Waals surface area contributed by atoms with Crippen molar-refractivity contribution in [1.82, 2.24) is 9.47 Å². The molecule has 0 atom stereocenters. The molecule has 22 heavy (non-hydrogen) atoms. The summed E-state index contributed by atoms with van der Waals surface area (Å²) in [5.74, 6) is -0.142. The number of nitrogens with zero attached hydrogens (tertiary/aromatic N) is 2. The first-order chi connectivity index (χ1) is 10.6. The highest BCUT2D eigenvalue weighted by Crippen LogP contribution is 2.11. The molecular formula is C18H32N2O2. The molecule has 1 N–H and O–H groups in total. The van der Waals surface area contributed by atoms with Gasteiger partial charge in [-0.2, -0.15) is 0 Å². The Labute approximate surface area is 134 Å². The Hall–Kier alpha value is -1.29. The van der Waals surface area contributed by atoms with E-state index in [0.717, 1.165) is 51.1 Å². The minimum absolute atomic E-state index is 0.142. The number of hydrogen-bond acceptors (Lipinski definition) is 3. The van der Waals surface area contributed by atoms with E-state index in [9.17, 15) is 9.90 Å². The Morgan fingerprint density at radius 1 is 1.05 bits per heavy atom. The normalized spacial score (nSPS) is 11.3. The summed E-state index contributed by atoms with van der Waals surface area (Å²) in [7, 11) is 0. The third-order valence-corrected chi connectivity index (χ3v) is 3.92. The van der Waals surface area contributed by atoms with Crippen LogP contribution in [-0.2, 0) is 13.1 Å². The molecule has 0 aromatic carbocycles. The molecule has 0 fully saturated rings. The molecule has 0 aliphatic heterocycles. The van der Waals surface area contributed by atoms with E-state index in [4.69, 9.17) is 0 Å². The van der Waals surface area contributed by atoms with E-state index in [1.165, 1.54) is 19.3 Å². The standard InChI is InChI=1S/C18H32N2O2/c1-4-7-8-9-12-20-15-18(22)17(21)13-16(20)14-19(10-5-2)11-6-3/h13,15,22H,4-12,14H2,1-3H3. The maximum absolute atomic E-state index is 11.8. The topological polar surface area (TPSA) is 45.5 Å². The molecule has 1 aromatic rings. The summed E-state index contributed by atoms with van der Waals surface area (Å²) in [6, 6.07) is 1.60. The first-order valence-electron chi connectivity index (χ1n) is 8.77. The predicted molar refractivity (Wildman–Crippen MR) is 92.4 cm³/mol. The van der Waals surface area contributed by atoms with E-state index >= 15 is 0 Å². The second kappa shape index (κ2) is 10.4. The van der Waals surface area contributed by atoms with Gasteiger partial charge >= 0.3 is 0 Å². The van der Waals surface area contributed by atoms with Crippen LogP contribution in [0.3, 0.4) is 0 Å². The van der Waals surface area contributed by atoms with E-state index in [2.05, 4.69) is 30.2 Å². The van der Waals surface area contributed by atoms with E-state index in [1.54, 1.807) is 12.3 Å². The summed E-state index contributed by atoms with van der Waals surface area (Å²) in [6.45, 7) is 10.3. The van der Waals surface area contributed by atoms with Gasteiger partial charge in [0.25, 0.3) is 0 Å². The Kier molecular flexibility index (Phi) is 8.90. The summed E-state index contributed by atoms with van der Waals surface area (Å²) in [6.07, 6.45) is 8.56. The molecular weight excluding hydrogens is 276 g/mol. The number of aromatic hydroxyl groups is 1. The molecule has 0 unspecified atom stereocenters. The third-order valence-electron chi connectivity index (χ3n) is 3.92. The monoisotopic (exact) mass is 308 g/mol. The fourth-order valence-corrected chi connectivity index (χ4v) is 2.79. The maximum Gasteiger partial charge on any atom is 0.223 e. The second-order valence-electron chi connectivity index (χ2n) is 6.04. The van der Waals surface area contributed by atoms with E-state index in [-0.39, 0.29) is 11.2 Å². The lowest BCUT2D eigenvalue weighted by Crippen LogP contribution is -2.27. The summed E-state index contributed by atoms with van der Waals surface area (Å²) >= 11 is 0. The third kappa shape index (κ3) is 6.22. The van der Waals surface area contributed by atoms with E-state index < -0.39 is 0 Å². The first kappa shape index (κ1) is 18.8. The Morgan fingerprint density at radius 3 is 2.32 bits per heavy atom. The molecule has 1 rings (SSSR count). The Balaban J connectivity index is 2.84. The van der Waals surface area contributed by atoms with Gasteiger partial charge in [0.2, 0.25) is 5.43 Å². The van der Waals surface area contributed by atoms with Crippen LogP contribution in [0.15, 0.2) is 17.1 Å². The van der Waals surface area contributed by atoms with Crippen molar-refractivity contribution < 1.29 is 5.11 Å². The average molecular weight is 308 g/mol. The van der Waals surface area contributed by atoms with Crippen molar-refractivity contribution in [2.24, 2.45) is 0 Å². The van der Waals surface area contributed by atoms with Gasteiger partial charge in [-0.3, -0.25) is 9.69 Å². The fraction of sp³-hybridized carbons (Fsp3) is 0.722. The lowest BCUT2D eigenvalue weighted by Gasteiger charge is -2.23. The van der Waals surface area contributed by atoms with Gasteiger partial charge in [-0.15, -0.1) is 0 Å². The number of unbranched alkanes of at least 4 members (excludes halogenated alkanes) is 3. The molecule has 126 valence electrons. The zero-order chi connectivity index (χ0) is 16.4. The smallest absolute Gasteiger partial charge is 0.223 e. The van der Waals surface area contributed by atoms with Crippen molar-refractivity contribution in [2.45, 2.75) is 72.4 Å². The first-order valence-corrected chi connectivity index (χ1v) is 8.77. The molecule has 4 heteroatoms. The summed E-state index contributed by atoms with van der Waals surface area (Å²) in [5.41, 5.74) is 0.744. The molecule has 0 amide bonds. The summed E-state index contributed by atoms with van der Waals surface area (Å²) < 4.78 is 2.06. The summed E-state index contributed by atoms with van der Waals surface area (Å²) in [5, 5.41) is 9.72. The highest BCUT2D eigenvalue weighted by atomic mass is 16.3. The minimum atomic E-state index is -0.271. The van der Waals surface area contributed by atoms with Crippen LogP contribution < -0.4 is 5.43 Å². The molecule has 0 aliphatic carbocycles. The number of pyridine rings is 1. The zero-order valence-corrected chi connectivity index (χ0v) is 14.5. The molecule has 0 saturated heterocycles. The lowest BCUT2D eigenvalue weighted by molar-refractivity contribution is 0.258. The van der Waals surface area contributed by atoms with Gasteiger partial charge in [0.15, 0.2) is 5.75 Å². The summed E-state index contributed by atoms with van der Waals surface area (Å²) in [4.78, 5) is 14.2. The highest BCUT2D eigenvalue weighted by molar-refractivity contribution is 5.20. The number of hydrogen-bond donors (Lipinski definition) is 1. The minimum Gasteiger partial charge on any atom is -0.503 e. The van der Waals surface area contributed by atoms with Crippen LogP contribution in [0.1, 0.15) is 65.0 Å². The quantitative estimate of drug-likeness (QED) is 0.633. The van der Waals surface area contributed by atoms with Crippen LogP contribution in [0.25, 0.3) is 0 Å². The lowest BCUT2D eigenvalue weighted by atomic mass is 10.2. The molecule has 0 spiro atoms. The SMILES string of the molecule is CCCCCCn1cc(O)c(=O)cc1CN(CCC)CCC. The predicted octanol–water partition coefficient (Wildman–Crippen LogP) is 3.76. The van der Waals surface area contributed by atoms with Crippen molar-refractivity contribution in [3.05, 3.63) is 28.2 Å². The maximum atomic E-state index is 11.8. The number of aromatic nitrogens is 1. The van der Waals surface area contributed by atoms with Gasteiger partial charge in [-0.25, -0.2) is 0 Å². The van der Waals surface area contributed by atoms with Gasteiger partial charge in [0.1, 0.15) is 0 Å². The number of rotatable bonds is 11. The van der Waals surface area contributed by atoms with Crippen LogP contribution in [0.4, 0.5) is 0 Å². The molecule has 0 aliphatic rings. The van der Waals surface area contributed by atoms with E-state index in [1.807, 2.05) is 0 Å². The van der Waals surface area contributed by atoms with Crippen molar-refractivity contribution >= 4 is 0 Å². The largest absolute Gasteiger partial charge is 0.503 e. The molecule has 0 radical (unpaired) electrons. The van der Waals surface area contributed by atoms with E-state index in [0.29, 0.717) is 0 Å². The molecule has 1 aromatic heterocycles. The average Bonchev–Trinajstić information content (AvgIpc) is 2.48. The molecule has 1 heterocycles. The van der Waals surface area contributed by atoms with Crippen molar-refractivity contribution in [1.29, 1.82) is 0 Å². The van der Waals surface area contributed by atoms with Gasteiger partial charge in [-0.1, -0.05) is 40.0 Å². The van der Waals surface area contributed by atoms with Gasteiger partial charge < -0.3 is 9.67 Å². The van der Waals surface area contributed by atoms with Crippen LogP contribution in [0.2, 0.25) is 0 Å². The highest BCUT2D eigenvalue weighted by Gasteiger charge is 2.10. The Bertz CT molecular complexity index is 476. The van der Waals surface area contributed by atoms with Crippen molar-refractivity contribution in [3.8, 4) is 5.75 Å². The zero-order valence-electron chi connectivity index (χ0n) is 14.5. The molecule has 4 nitrogen and oxygen atoms in total. The van der Waals surface area contributed by atoms with Crippen LogP contribution in [-0.4, -0.2) is 27.7 Å². The Morgan fingerprint density at radius 2 is 1.73 bits per heavy atom. The van der Waals surface area contributed by atoms with Gasteiger partial charge in [0, 0.05) is 24.8 Å². The van der Waals surface area contributed by atoms with Crippen LogP contribution >= 0.6 is 0 Å².